The molecule has 0 aliphatic rings. The van der Waals surface area contributed by atoms with Crippen molar-refractivity contribution in [2.24, 2.45) is 5.10 Å². The van der Waals surface area contributed by atoms with Crippen LogP contribution in [0.25, 0.3) is 10.8 Å². The van der Waals surface area contributed by atoms with Crippen molar-refractivity contribution < 1.29 is 14.3 Å². The molecular weight excluding hydrogens is 400 g/mol. The standard InChI is InChI=1S/C27H22N2O3/c1-18-10-12-21(13-11-18)26(30)29-28-17-24-23-9-4-3-7-20(23)14-15-25(24)32-27(31)22-8-5-6-19(2)16-22/h3-17H,1-2H3,(H,29,30)/b28-17+. The summed E-state index contributed by atoms with van der Waals surface area (Å²) in [6, 6.07) is 25.8. The van der Waals surface area contributed by atoms with Gasteiger partial charge >= 0.3 is 5.97 Å². The number of nitrogens with one attached hydrogen (secondary N) is 1. The lowest BCUT2D eigenvalue weighted by atomic mass is 10.0. The summed E-state index contributed by atoms with van der Waals surface area (Å²) >= 11 is 0. The Morgan fingerprint density at radius 3 is 2.38 bits per heavy atom. The van der Waals surface area contributed by atoms with Crippen LogP contribution in [-0.2, 0) is 0 Å². The fourth-order valence-electron chi connectivity index (χ4n) is 3.35. The van der Waals surface area contributed by atoms with E-state index in [1.165, 1.54) is 6.21 Å². The Hall–Kier alpha value is -4.25. The molecule has 0 unspecified atom stereocenters. The van der Waals surface area contributed by atoms with Crippen molar-refractivity contribution in [2.75, 3.05) is 0 Å². The van der Waals surface area contributed by atoms with Gasteiger partial charge in [0.25, 0.3) is 5.91 Å². The zero-order valence-electron chi connectivity index (χ0n) is 17.8. The van der Waals surface area contributed by atoms with Crippen LogP contribution in [0, 0.1) is 13.8 Å². The Kier molecular flexibility index (Phi) is 6.08. The van der Waals surface area contributed by atoms with Gasteiger partial charge in [-0.05, 0) is 55.0 Å². The van der Waals surface area contributed by atoms with Crippen LogP contribution >= 0.6 is 0 Å². The highest BCUT2D eigenvalue weighted by Crippen LogP contribution is 2.27. The summed E-state index contributed by atoms with van der Waals surface area (Å²) in [6.07, 6.45) is 1.51. The molecule has 32 heavy (non-hydrogen) atoms. The number of hydrazone groups is 1. The van der Waals surface area contributed by atoms with E-state index in [0.717, 1.165) is 21.9 Å². The molecule has 0 spiro atoms. The molecule has 0 aliphatic carbocycles. The summed E-state index contributed by atoms with van der Waals surface area (Å²) in [5.74, 6) is -0.411. The van der Waals surface area contributed by atoms with E-state index in [-0.39, 0.29) is 5.91 Å². The largest absolute Gasteiger partial charge is 0.422 e. The van der Waals surface area contributed by atoms with Crippen LogP contribution in [-0.4, -0.2) is 18.1 Å². The van der Waals surface area contributed by atoms with Crippen LogP contribution in [0.3, 0.4) is 0 Å². The molecule has 0 aromatic heterocycles. The smallest absolute Gasteiger partial charge is 0.343 e. The van der Waals surface area contributed by atoms with Crippen LogP contribution in [0.2, 0.25) is 0 Å². The number of esters is 1. The lowest BCUT2D eigenvalue weighted by Gasteiger charge is -2.11. The van der Waals surface area contributed by atoms with Crippen molar-refractivity contribution in [1.82, 2.24) is 5.43 Å². The number of aryl methyl sites for hydroxylation is 2. The molecule has 1 amide bonds. The molecule has 0 bridgehead atoms. The maximum atomic E-state index is 12.7. The van der Waals surface area contributed by atoms with Gasteiger partial charge < -0.3 is 4.74 Å². The van der Waals surface area contributed by atoms with Crippen LogP contribution in [0.1, 0.15) is 37.4 Å². The molecular formula is C27H22N2O3. The predicted octanol–water partition coefficient (Wildman–Crippen LogP) is 5.44. The first-order valence-electron chi connectivity index (χ1n) is 10.2. The number of carbonyl (C=O) groups is 2. The number of ether oxygens (including phenoxy) is 1. The summed E-state index contributed by atoms with van der Waals surface area (Å²) in [6.45, 7) is 3.88. The summed E-state index contributed by atoms with van der Waals surface area (Å²) in [7, 11) is 0. The van der Waals surface area contributed by atoms with E-state index < -0.39 is 5.97 Å². The molecule has 0 atom stereocenters. The van der Waals surface area contributed by atoms with Crippen molar-refractivity contribution in [2.45, 2.75) is 13.8 Å². The normalized spacial score (nSPS) is 10.9. The Bertz CT molecular complexity index is 1320. The van der Waals surface area contributed by atoms with Gasteiger partial charge in [0, 0.05) is 11.1 Å². The number of hydrogen-bond acceptors (Lipinski definition) is 4. The molecule has 5 nitrogen and oxygen atoms in total. The monoisotopic (exact) mass is 422 g/mol. The second-order valence-electron chi connectivity index (χ2n) is 7.52. The number of carbonyl (C=O) groups excluding carboxylic acids is 2. The maximum absolute atomic E-state index is 12.7. The quantitative estimate of drug-likeness (QED) is 0.202. The van der Waals surface area contributed by atoms with Crippen LogP contribution in [0.15, 0.2) is 90.0 Å². The molecule has 4 aromatic rings. The Balaban J connectivity index is 1.62. The zero-order chi connectivity index (χ0) is 22.5. The molecule has 0 aliphatic heterocycles. The first-order chi connectivity index (χ1) is 15.5. The first kappa shape index (κ1) is 21.0. The summed E-state index contributed by atoms with van der Waals surface area (Å²) in [5.41, 5.74) is 6.16. The number of fused-ring (bicyclic) bond motifs is 1. The highest BCUT2D eigenvalue weighted by Gasteiger charge is 2.14. The maximum Gasteiger partial charge on any atom is 0.343 e. The predicted molar refractivity (Wildman–Crippen MR) is 126 cm³/mol. The molecule has 0 saturated heterocycles. The van der Waals surface area contributed by atoms with Gasteiger partial charge in [-0.3, -0.25) is 4.79 Å². The second-order valence-corrected chi connectivity index (χ2v) is 7.52. The van der Waals surface area contributed by atoms with Crippen LogP contribution < -0.4 is 10.2 Å². The molecule has 158 valence electrons. The third-order valence-corrected chi connectivity index (χ3v) is 5.06. The lowest BCUT2D eigenvalue weighted by molar-refractivity contribution is 0.0734. The van der Waals surface area contributed by atoms with Gasteiger partial charge in [-0.1, -0.05) is 65.7 Å². The average molecular weight is 422 g/mol. The van der Waals surface area contributed by atoms with Crippen molar-refractivity contribution in [1.29, 1.82) is 0 Å². The van der Waals surface area contributed by atoms with E-state index in [9.17, 15) is 9.59 Å². The number of hydrogen-bond donors (Lipinski definition) is 1. The minimum absolute atomic E-state index is 0.320. The Labute approximate surface area is 186 Å². The first-order valence-corrected chi connectivity index (χ1v) is 10.2. The molecule has 1 N–H and O–H groups in total. The molecule has 5 heteroatoms. The van der Waals surface area contributed by atoms with Gasteiger partial charge in [0.2, 0.25) is 0 Å². The van der Waals surface area contributed by atoms with Gasteiger partial charge in [-0.2, -0.15) is 5.10 Å². The van der Waals surface area contributed by atoms with E-state index in [0.29, 0.717) is 22.4 Å². The number of nitrogens with zero attached hydrogens (tertiary/aromatic N) is 1. The SMILES string of the molecule is Cc1ccc(C(=O)N/N=C/c2c(OC(=O)c3cccc(C)c3)ccc3ccccc23)cc1. The Morgan fingerprint density at radius 1 is 0.812 bits per heavy atom. The highest BCUT2D eigenvalue weighted by molar-refractivity contribution is 6.04. The third-order valence-electron chi connectivity index (χ3n) is 5.06. The highest BCUT2D eigenvalue weighted by atomic mass is 16.5. The van der Waals surface area contributed by atoms with E-state index in [2.05, 4.69) is 10.5 Å². The fourth-order valence-corrected chi connectivity index (χ4v) is 3.35. The van der Waals surface area contributed by atoms with Gasteiger partial charge in [-0.15, -0.1) is 0 Å². The summed E-state index contributed by atoms with van der Waals surface area (Å²) in [4.78, 5) is 25.1. The van der Waals surface area contributed by atoms with Gasteiger partial charge in [0.05, 0.1) is 11.8 Å². The van der Waals surface area contributed by atoms with E-state index in [1.54, 1.807) is 30.3 Å². The van der Waals surface area contributed by atoms with Crippen molar-refractivity contribution in [3.05, 3.63) is 113 Å². The van der Waals surface area contributed by atoms with Gasteiger partial charge in [-0.25, -0.2) is 10.2 Å². The summed E-state index contributed by atoms with van der Waals surface area (Å²) in [5, 5.41) is 5.95. The number of amides is 1. The second kappa shape index (κ2) is 9.27. The number of benzene rings is 4. The van der Waals surface area contributed by atoms with E-state index in [1.807, 2.05) is 68.4 Å². The fraction of sp³-hybridized carbons (Fsp3) is 0.0741. The molecule has 4 aromatic carbocycles. The van der Waals surface area contributed by atoms with Gasteiger partial charge in [0.15, 0.2) is 0 Å². The van der Waals surface area contributed by atoms with E-state index in [4.69, 9.17) is 4.74 Å². The van der Waals surface area contributed by atoms with Crippen LogP contribution in [0.4, 0.5) is 0 Å². The topological polar surface area (TPSA) is 67.8 Å². The molecule has 4 rings (SSSR count). The van der Waals surface area contributed by atoms with Crippen molar-refractivity contribution in [3.8, 4) is 5.75 Å². The third kappa shape index (κ3) is 4.73. The molecule has 0 fully saturated rings. The van der Waals surface area contributed by atoms with Gasteiger partial charge in [0.1, 0.15) is 5.75 Å². The lowest BCUT2D eigenvalue weighted by Crippen LogP contribution is -2.17. The Morgan fingerprint density at radius 2 is 1.59 bits per heavy atom. The number of rotatable bonds is 5. The molecule has 0 saturated carbocycles. The van der Waals surface area contributed by atoms with E-state index >= 15 is 0 Å². The minimum Gasteiger partial charge on any atom is -0.422 e. The zero-order valence-corrected chi connectivity index (χ0v) is 17.8. The molecule has 0 heterocycles. The summed E-state index contributed by atoms with van der Waals surface area (Å²) < 4.78 is 5.71. The molecule has 0 radical (unpaired) electrons. The van der Waals surface area contributed by atoms with Crippen LogP contribution in [0.5, 0.6) is 5.75 Å². The average Bonchev–Trinajstić information content (AvgIpc) is 2.80. The van der Waals surface area contributed by atoms with Crippen molar-refractivity contribution in [3.63, 3.8) is 0 Å². The minimum atomic E-state index is -0.456. The van der Waals surface area contributed by atoms with Crippen molar-refractivity contribution >= 4 is 28.9 Å².